The topological polar surface area (TPSA) is 54.9 Å². The van der Waals surface area contributed by atoms with Crippen LogP contribution in [0.3, 0.4) is 0 Å². The molecule has 4 rings (SSSR count). The van der Waals surface area contributed by atoms with Gasteiger partial charge in [0.15, 0.2) is 0 Å². The van der Waals surface area contributed by atoms with E-state index in [0.29, 0.717) is 5.88 Å². The zero-order chi connectivity index (χ0) is 18.9. The number of likely N-dealkylation sites (N-methyl/N-ethyl adjacent to an activating group) is 1. The minimum Gasteiger partial charge on any atom is -0.481 e. The zero-order valence-corrected chi connectivity index (χ0v) is 15.8. The van der Waals surface area contributed by atoms with Crippen molar-refractivity contribution in [2.24, 2.45) is 0 Å². The van der Waals surface area contributed by atoms with Gasteiger partial charge in [-0.25, -0.2) is 4.98 Å². The Morgan fingerprint density at radius 1 is 1.30 bits per heavy atom. The van der Waals surface area contributed by atoms with E-state index in [1.807, 2.05) is 42.3 Å². The third-order valence-corrected chi connectivity index (χ3v) is 5.83. The van der Waals surface area contributed by atoms with E-state index in [2.05, 4.69) is 22.0 Å². The van der Waals surface area contributed by atoms with E-state index in [4.69, 9.17) is 9.47 Å². The van der Waals surface area contributed by atoms with Crippen LogP contribution in [0.5, 0.6) is 5.88 Å². The van der Waals surface area contributed by atoms with Crippen LogP contribution in [-0.4, -0.2) is 60.6 Å². The van der Waals surface area contributed by atoms with E-state index < -0.39 is 5.54 Å². The van der Waals surface area contributed by atoms with E-state index >= 15 is 0 Å². The van der Waals surface area contributed by atoms with Gasteiger partial charge in [0.05, 0.1) is 18.8 Å². The molecule has 2 saturated heterocycles. The van der Waals surface area contributed by atoms with Gasteiger partial charge in [-0.05, 0) is 23.6 Å². The van der Waals surface area contributed by atoms with Gasteiger partial charge in [-0.1, -0.05) is 30.3 Å². The number of hydrogen-bond acceptors (Lipinski definition) is 5. The van der Waals surface area contributed by atoms with E-state index in [1.165, 1.54) is 0 Å². The third kappa shape index (κ3) is 3.19. The summed E-state index contributed by atoms with van der Waals surface area (Å²) >= 11 is 0. The van der Waals surface area contributed by atoms with E-state index in [0.717, 1.165) is 37.2 Å². The molecule has 6 heteroatoms. The number of aromatic nitrogens is 1. The number of carbonyl (C=O) groups excluding carboxylic acids is 1. The van der Waals surface area contributed by atoms with Crippen molar-refractivity contribution >= 4 is 5.91 Å². The van der Waals surface area contributed by atoms with Crippen LogP contribution in [0.15, 0.2) is 48.7 Å². The van der Waals surface area contributed by atoms with Crippen LogP contribution >= 0.6 is 0 Å². The van der Waals surface area contributed by atoms with Gasteiger partial charge < -0.3 is 14.4 Å². The normalized spacial score (nSPS) is 25.9. The number of benzene rings is 1. The summed E-state index contributed by atoms with van der Waals surface area (Å²) in [5.41, 5.74) is 1.91. The Bertz CT molecular complexity index is 813. The van der Waals surface area contributed by atoms with Gasteiger partial charge in [0.1, 0.15) is 6.61 Å². The number of carbonyl (C=O) groups is 1. The number of piperidine rings is 1. The molecule has 3 heterocycles. The van der Waals surface area contributed by atoms with E-state index in [-0.39, 0.29) is 18.6 Å². The molecule has 0 spiro atoms. The Hall–Kier alpha value is -2.44. The summed E-state index contributed by atoms with van der Waals surface area (Å²) in [7, 11) is 3.54. The summed E-state index contributed by atoms with van der Waals surface area (Å²) in [6, 6.07) is 14.3. The second-order valence-corrected chi connectivity index (χ2v) is 7.23. The lowest BCUT2D eigenvalue weighted by atomic mass is 9.76. The fourth-order valence-corrected chi connectivity index (χ4v) is 4.34. The predicted molar refractivity (Wildman–Crippen MR) is 101 cm³/mol. The van der Waals surface area contributed by atoms with Gasteiger partial charge in [0, 0.05) is 38.9 Å². The first-order valence-corrected chi connectivity index (χ1v) is 9.28. The molecular weight excluding hydrogens is 342 g/mol. The second kappa shape index (κ2) is 7.29. The molecule has 2 atom stereocenters. The van der Waals surface area contributed by atoms with Crippen LogP contribution in [0.1, 0.15) is 17.5 Å². The first-order chi connectivity index (χ1) is 13.1. The Morgan fingerprint density at radius 2 is 2.11 bits per heavy atom. The molecule has 1 aromatic heterocycles. The van der Waals surface area contributed by atoms with Gasteiger partial charge >= 0.3 is 0 Å². The van der Waals surface area contributed by atoms with Crippen molar-refractivity contribution in [1.29, 1.82) is 0 Å². The summed E-state index contributed by atoms with van der Waals surface area (Å²) in [4.78, 5) is 20.9. The van der Waals surface area contributed by atoms with Crippen molar-refractivity contribution in [3.63, 3.8) is 0 Å². The van der Waals surface area contributed by atoms with Gasteiger partial charge in [-0.15, -0.1) is 0 Å². The van der Waals surface area contributed by atoms with Crippen LogP contribution in [0.25, 0.3) is 0 Å². The molecule has 0 radical (unpaired) electrons. The summed E-state index contributed by atoms with van der Waals surface area (Å²) in [5.74, 6) is 0.671. The lowest BCUT2D eigenvalue weighted by Gasteiger charge is -2.55. The standard InChI is InChI=1S/C21H25N3O3/c1-23-20(25)15-27-18-14-24(13-16-8-10-22-19(12-16)26-2)11-9-21(18,23)17-6-4-3-5-7-17/h3-8,10,12,18H,9,11,13-15H2,1-2H3/t18-,21+/m1/s1. The van der Waals surface area contributed by atoms with Crippen molar-refractivity contribution in [3.05, 3.63) is 59.8 Å². The minimum absolute atomic E-state index is 0.0439. The lowest BCUT2D eigenvalue weighted by molar-refractivity contribution is -0.183. The highest BCUT2D eigenvalue weighted by molar-refractivity contribution is 5.79. The first-order valence-electron chi connectivity index (χ1n) is 9.28. The van der Waals surface area contributed by atoms with Crippen LogP contribution in [0, 0.1) is 0 Å². The summed E-state index contributed by atoms with van der Waals surface area (Å²) in [6.07, 6.45) is 2.56. The van der Waals surface area contributed by atoms with Crippen LogP contribution in [0.2, 0.25) is 0 Å². The second-order valence-electron chi connectivity index (χ2n) is 7.23. The number of nitrogens with zero attached hydrogens (tertiary/aromatic N) is 3. The highest BCUT2D eigenvalue weighted by Crippen LogP contribution is 2.42. The Balaban J connectivity index is 1.58. The van der Waals surface area contributed by atoms with Gasteiger partial charge in [0.2, 0.25) is 11.8 Å². The number of ether oxygens (including phenoxy) is 2. The molecule has 142 valence electrons. The lowest BCUT2D eigenvalue weighted by Crippen LogP contribution is -2.66. The van der Waals surface area contributed by atoms with E-state index in [1.54, 1.807) is 13.3 Å². The van der Waals surface area contributed by atoms with Gasteiger partial charge in [-0.3, -0.25) is 9.69 Å². The summed E-state index contributed by atoms with van der Waals surface area (Å²) in [6.45, 7) is 2.61. The maximum Gasteiger partial charge on any atom is 0.249 e. The highest BCUT2D eigenvalue weighted by atomic mass is 16.5. The molecule has 0 unspecified atom stereocenters. The van der Waals surface area contributed by atoms with Gasteiger partial charge in [-0.2, -0.15) is 0 Å². The maximum absolute atomic E-state index is 12.4. The predicted octanol–water partition coefficient (Wildman–Crippen LogP) is 2.05. The van der Waals surface area contributed by atoms with Gasteiger partial charge in [0.25, 0.3) is 0 Å². The number of rotatable bonds is 4. The van der Waals surface area contributed by atoms with Crippen molar-refractivity contribution in [2.45, 2.75) is 24.6 Å². The molecule has 1 amide bonds. The fourth-order valence-electron chi connectivity index (χ4n) is 4.34. The molecule has 0 saturated carbocycles. The average molecular weight is 367 g/mol. The van der Waals surface area contributed by atoms with Crippen LogP contribution in [0.4, 0.5) is 0 Å². The number of pyridine rings is 1. The Kier molecular flexibility index (Phi) is 4.85. The molecule has 2 fully saturated rings. The van der Waals surface area contributed by atoms with Crippen LogP contribution < -0.4 is 4.74 Å². The fraction of sp³-hybridized carbons (Fsp3) is 0.429. The number of methoxy groups -OCH3 is 1. The third-order valence-electron chi connectivity index (χ3n) is 5.83. The molecule has 2 aliphatic rings. The molecular formula is C21H25N3O3. The van der Waals surface area contributed by atoms with Crippen molar-refractivity contribution in [1.82, 2.24) is 14.8 Å². The molecule has 1 aromatic carbocycles. The number of hydrogen-bond donors (Lipinski definition) is 0. The van der Waals surface area contributed by atoms with Crippen LogP contribution in [-0.2, 0) is 21.6 Å². The minimum atomic E-state index is -0.400. The largest absolute Gasteiger partial charge is 0.481 e. The smallest absolute Gasteiger partial charge is 0.249 e. The quantitative estimate of drug-likeness (QED) is 0.828. The Labute approximate surface area is 159 Å². The maximum atomic E-state index is 12.4. The molecule has 0 aliphatic carbocycles. The molecule has 2 aliphatic heterocycles. The molecule has 6 nitrogen and oxygen atoms in total. The van der Waals surface area contributed by atoms with Crippen molar-refractivity contribution < 1.29 is 14.3 Å². The summed E-state index contributed by atoms with van der Waals surface area (Å²) < 4.78 is 11.3. The van der Waals surface area contributed by atoms with Crippen molar-refractivity contribution in [2.75, 3.05) is 33.9 Å². The first kappa shape index (κ1) is 17.9. The molecule has 2 aromatic rings. The van der Waals surface area contributed by atoms with Crippen molar-refractivity contribution in [3.8, 4) is 5.88 Å². The Morgan fingerprint density at radius 3 is 2.89 bits per heavy atom. The number of morpholine rings is 1. The number of amides is 1. The molecule has 0 N–H and O–H groups in total. The monoisotopic (exact) mass is 367 g/mol. The highest BCUT2D eigenvalue weighted by Gasteiger charge is 2.52. The average Bonchev–Trinajstić information content (AvgIpc) is 2.72. The van der Waals surface area contributed by atoms with E-state index in [9.17, 15) is 4.79 Å². The molecule has 0 bridgehead atoms. The summed E-state index contributed by atoms with van der Waals surface area (Å²) in [5, 5.41) is 0. The number of fused-ring (bicyclic) bond motifs is 1. The SMILES string of the molecule is COc1cc(CN2CC[C@]3(c4ccccc4)[C@@H](C2)OCC(=O)N3C)ccn1. The number of likely N-dealkylation sites (tertiary alicyclic amines) is 1. The zero-order valence-electron chi connectivity index (χ0n) is 15.8. The molecule has 27 heavy (non-hydrogen) atoms.